The van der Waals surface area contributed by atoms with Crippen LogP contribution in [0.4, 0.5) is 4.39 Å². The van der Waals surface area contributed by atoms with Gasteiger partial charge in [-0.1, -0.05) is 0 Å². The SMILES string of the molecule is Cn1cnc(-c2cc3c(Br)cncc3cc2F)n1. The van der Waals surface area contributed by atoms with Gasteiger partial charge in [0.15, 0.2) is 5.82 Å². The Hall–Kier alpha value is -1.82. The van der Waals surface area contributed by atoms with Gasteiger partial charge in [-0.05, 0) is 33.4 Å². The Kier molecular flexibility index (Phi) is 2.59. The summed E-state index contributed by atoms with van der Waals surface area (Å²) in [5, 5.41) is 5.73. The third-order valence-corrected chi connectivity index (χ3v) is 3.27. The topological polar surface area (TPSA) is 43.6 Å². The van der Waals surface area contributed by atoms with Crippen molar-refractivity contribution in [3.63, 3.8) is 0 Å². The van der Waals surface area contributed by atoms with Gasteiger partial charge in [-0.2, -0.15) is 5.10 Å². The standard InChI is InChI=1S/C12H8BrFN4/c1-18-6-16-12(17-18)9-3-8-7(2-11(9)14)4-15-5-10(8)13/h2-6H,1H3. The van der Waals surface area contributed by atoms with E-state index in [1.807, 2.05) is 0 Å². The van der Waals surface area contributed by atoms with Crippen LogP contribution in [0.5, 0.6) is 0 Å². The molecule has 0 fully saturated rings. The molecule has 4 nitrogen and oxygen atoms in total. The van der Waals surface area contributed by atoms with E-state index in [1.54, 1.807) is 36.5 Å². The van der Waals surface area contributed by atoms with Crippen molar-refractivity contribution in [1.82, 2.24) is 19.7 Å². The van der Waals surface area contributed by atoms with Gasteiger partial charge in [0.2, 0.25) is 0 Å². The number of benzene rings is 1. The van der Waals surface area contributed by atoms with Crippen LogP contribution in [0.1, 0.15) is 0 Å². The summed E-state index contributed by atoms with van der Waals surface area (Å²) in [5.74, 6) is 0.0224. The van der Waals surface area contributed by atoms with Gasteiger partial charge in [-0.25, -0.2) is 9.37 Å². The van der Waals surface area contributed by atoms with Crippen molar-refractivity contribution in [3.8, 4) is 11.4 Å². The van der Waals surface area contributed by atoms with Crippen molar-refractivity contribution in [1.29, 1.82) is 0 Å². The second-order valence-electron chi connectivity index (χ2n) is 3.92. The fourth-order valence-corrected chi connectivity index (χ4v) is 2.25. The highest BCUT2D eigenvalue weighted by Crippen LogP contribution is 2.29. The summed E-state index contributed by atoms with van der Waals surface area (Å²) in [7, 11) is 1.75. The minimum Gasteiger partial charge on any atom is -0.263 e. The van der Waals surface area contributed by atoms with E-state index >= 15 is 0 Å². The fourth-order valence-electron chi connectivity index (χ4n) is 1.79. The van der Waals surface area contributed by atoms with E-state index in [2.05, 4.69) is 31.0 Å². The van der Waals surface area contributed by atoms with Crippen molar-refractivity contribution < 1.29 is 4.39 Å². The normalized spacial score (nSPS) is 11.1. The Bertz CT molecular complexity index is 738. The fraction of sp³-hybridized carbons (Fsp3) is 0.0833. The molecular formula is C12H8BrFN4. The molecule has 0 aliphatic rings. The second-order valence-corrected chi connectivity index (χ2v) is 4.77. The average Bonchev–Trinajstić information content (AvgIpc) is 2.75. The van der Waals surface area contributed by atoms with Gasteiger partial charge in [-0.15, -0.1) is 0 Å². The van der Waals surface area contributed by atoms with Gasteiger partial charge in [0.1, 0.15) is 12.1 Å². The monoisotopic (exact) mass is 306 g/mol. The number of pyridine rings is 1. The summed E-state index contributed by atoms with van der Waals surface area (Å²) < 4.78 is 16.4. The molecule has 0 N–H and O–H groups in total. The van der Waals surface area contributed by atoms with Gasteiger partial charge in [0.05, 0.1) is 5.56 Å². The predicted octanol–water partition coefficient (Wildman–Crippen LogP) is 2.93. The van der Waals surface area contributed by atoms with E-state index in [4.69, 9.17) is 0 Å². The lowest BCUT2D eigenvalue weighted by Gasteiger charge is -2.04. The van der Waals surface area contributed by atoms with Crippen molar-refractivity contribution in [2.75, 3.05) is 0 Å². The van der Waals surface area contributed by atoms with Gasteiger partial charge in [0.25, 0.3) is 0 Å². The van der Waals surface area contributed by atoms with Gasteiger partial charge < -0.3 is 0 Å². The molecule has 3 aromatic rings. The Morgan fingerprint density at radius 3 is 2.83 bits per heavy atom. The van der Waals surface area contributed by atoms with E-state index in [1.165, 1.54) is 6.07 Å². The minimum absolute atomic E-state index is 0.353. The maximum absolute atomic E-state index is 14.0. The first kappa shape index (κ1) is 11.3. The van der Waals surface area contributed by atoms with E-state index in [0.717, 1.165) is 15.2 Å². The molecule has 18 heavy (non-hydrogen) atoms. The van der Waals surface area contributed by atoms with Crippen LogP contribution >= 0.6 is 15.9 Å². The van der Waals surface area contributed by atoms with Crippen molar-refractivity contribution in [2.45, 2.75) is 0 Å². The smallest absolute Gasteiger partial charge is 0.184 e. The Morgan fingerprint density at radius 2 is 2.11 bits per heavy atom. The summed E-state index contributed by atoms with van der Waals surface area (Å²) in [6.07, 6.45) is 4.84. The molecule has 1 aromatic carbocycles. The molecule has 0 bridgehead atoms. The van der Waals surface area contributed by atoms with Crippen LogP contribution in [0.25, 0.3) is 22.2 Å². The van der Waals surface area contributed by atoms with Gasteiger partial charge in [-0.3, -0.25) is 9.67 Å². The lowest BCUT2D eigenvalue weighted by Crippen LogP contribution is -1.91. The highest BCUT2D eigenvalue weighted by molar-refractivity contribution is 9.10. The quantitative estimate of drug-likeness (QED) is 0.694. The van der Waals surface area contributed by atoms with E-state index in [-0.39, 0.29) is 5.82 Å². The van der Waals surface area contributed by atoms with E-state index in [9.17, 15) is 4.39 Å². The maximum Gasteiger partial charge on any atom is 0.184 e. The van der Waals surface area contributed by atoms with Crippen molar-refractivity contribution in [3.05, 3.63) is 41.1 Å². The number of aryl methyl sites for hydroxylation is 1. The highest BCUT2D eigenvalue weighted by atomic mass is 79.9. The Morgan fingerprint density at radius 1 is 1.28 bits per heavy atom. The molecule has 2 aromatic heterocycles. The maximum atomic E-state index is 14.0. The van der Waals surface area contributed by atoms with Crippen LogP contribution in [0.2, 0.25) is 0 Å². The first-order valence-corrected chi connectivity index (χ1v) is 6.03. The molecule has 6 heteroatoms. The van der Waals surface area contributed by atoms with E-state index < -0.39 is 0 Å². The molecule has 0 spiro atoms. The zero-order valence-corrected chi connectivity index (χ0v) is 11.0. The number of nitrogens with zero attached hydrogens (tertiary/aromatic N) is 4. The number of rotatable bonds is 1. The lowest BCUT2D eigenvalue weighted by molar-refractivity contribution is 0.631. The number of fused-ring (bicyclic) bond motifs is 1. The van der Waals surface area contributed by atoms with Crippen LogP contribution in [0.15, 0.2) is 35.3 Å². The van der Waals surface area contributed by atoms with Gasteiger partial charge in [0, 0.05) is 29.3 Å². The molecule has 0 atom stereocenters. The summed E-state index contributed by atoms with van der Waals surface area (Å²) in [5.41, 5.74) is 0.384. The summed E-state index contributed by atoms with van der Waals surface area (Å²) >= 11 is 3.40. The molecule has 2 heterocycles. The summed E-state index contributed by atoms with van der Waals surface area (Å²) in [6, 6.07) is 3.17. The molecule has 90 valence electrons. The molecule has 0 aliphatic heterocycles. The lowest BCUT2D eigenvalue weighted by atomic mass is 10.1. The number of halogens is 2. The largest absolute Gasteiger partial charge is 0.263 e. The molecule has 0 unspecified atom stereocenters. The second kappa shape index (κ2) is 4.13. The molecule has 0 saturated heterocycles. The van der Waals surface area contributed by atoms with Crippen LogP contribution in [0, 0.1) is 5.82 Å². The van der Waals surface area contributed by atoms with Crippen LogP contribution in [-0.4, -0.2) is 19.7 Å². The van der Waals surface area contributed by atoms with E-state index in [0.29, 0.717) is 11.4 Å². The minimum atomic E-state index is -0.353. The van der Waals surface area contributed by atoms with Crippen LogP contribution in [0.3, 0.4) is 0 Å². The van der Waals surface area contributed by atoms with Crippen LogP contribution < -0.4 is 0 Å². The van der Waals surface area contributed by atoms with Crippen molar-refractivity contribution >= 4 is 26.7 Å². The van der Waals surface area contributed by atoms with Crippen molar-refractivity contribution in [2.24, 2.45) is 7.05 Å². The third kappa shape index (κ3) is 1.78. The first-order valence-electron chi connectivity index (χ1n) is 5.24. The molecule has 0 radical (unpaired) electrons. The molecule has 0 aliphatic carbocycles. The number of aromatic nitrogens is 4. The Labute approximate surface area is 111 Å². The molecule has 0 amide bonds. The zero-order valence-electron chi connectivity index (χ0n) is 9.43. The Balaban J connectivity index is 2.30. The summed E-state index contributed by atoms with van der Waals surface area (Å²) in [4.78, 5) is 8.08. The number of hydrogen-bond acceptors (Lipinski definition) is 3. The third-order valence-electron chi connectivity index (χ3n) is 2.64. The van der Waals surface area contributed by atoms with Crippen LogP contribution in [-0.2, 0) is 7.05 Å². The molecule has 3 rings (SSSR count). The van der Waals surface area contributed by atoms with Gasteiger partial charge >= 0.3 is 0 Å². The zero-order chi connectivity index (χ0) is 12.7. The predicted molar refractivity (Wildman–Crippen MR) is 69.4 cm³/mol. The average molecular weight is 307 g/mol. The first-order chi connectivity index (χ1) is 8.65. The molecular weight excluding hydrogens is 299 g/mol. The molecule has 0 saturated carbocycles. The number of hydrogen-bond donors (Lipinski definition) is 0. The highest BCUT2D eigenvalue weighted by Gasteiger charge is 2.12. The summed E-state index contributed by atoms with van der Waals surface area (Å²) in [6.45, 7) is 0.